The molecule has 6 heteroatoms. The molecule has 0 saturated heterocycles. The topological polar surface area (TPSA) is 78.4 Å². The number of carbonyl (C=O) groups is 1. The van der Waals surface area contributed by atoms with Crippen molar-refractivity contribution in [3.05, 3.63) is 29.3 Å². The number of hydrogen-bond acceptors (Lipinski definition) is 4. The third-order valence-corrected chi connectivity index (χ3v) is 3.95. The van der Waals surface area contributed by atoms with E-state index in [1.54, 1.807) is 25.3 Å². The average Bonchev–Trinajstić information content (AvgIpc) is 2.73. The zero-order valence-electron chi connectivity index (χ0n) is 11.9. The van der Waals surface area contributed by atoms with Crippen LogP contribution in [0.5, 0.6) is 5.75 Å². The molecule has 1 N–H and O–H groups in total. The van der Waals surface area contributed by atoms with Crippen LogP contribution < -0.4 is 14.8 Å². The normalized spacial score (nSPS) is 14.9. The maximum absolute atomic E-state index is 12.1. The molecule has 0 aliphatic heterocycles. The van der Waals surface area contributed by atoms with Crippen molar-refractivity contribution in [2.45, 2.75) is 25.7 Å². The fourth-order valence-corrected chi connectivity index (χ4v) is 2.43. The van der Waals surface area contributed by atoms with E-state index in [0.717, 1.165) is 24.0 Å². The van der Waals surface area contributed by atoms with E-state index in [2.05, 4.69) is 5.32 Å². The van der Waals surface area contributed by atoms with Gasteiger partial charge in [-0.1, -0.05) is 6.42 Å². The highest BCUT2D eigenvalue weighted by atomic mass is 16.5. The molecule has 1 amide bonds. The molecular formula is C15H18N2O4. The third kappa shape index (κ3) is 2.66. The largest absolute Gasteiger partial charge is 0.616 e. The Hall–Kier alpha value is -2.24. The van der Waals surface area contributed by atoms with Crippen molar-refractivity contribution in [3.8, 4) is 5.75 Å². The molecule has 2 aromatic rings. The zero-order chi connectivity index (χ0) is 14.8. The minimum Gasteiger partial charge on any atom is -0.616 e. The lowest BCUT2D eigenvalue weighted by Crippen LogP contribution is -2.37. The van der Waals surface area contributed by atoms with Crippen molar-refractivity contribution in [3.63, 3.8) is 0 Å². The number of benzene rings is 1. The van der Waals surface area contributed by atoms with E-state index in [-0.39, 0.29) is 11.8 Å². The van der Waals surface area contributed by atoms with Gasteiger partial charge in [-0.15, -0.1) is 4.73 Å². The van der Waals surface area contributed by atoms with Crippen molar-refractivity contribution in [2.75, 3.05) is 13.7 Å². The first-order valence-corrected chi connectivity index (χ1v) is 7.15. The Balaban J connectivity index is 1.66. The second-order valence-corrected chi connectivity index (χ2v) is 5.29. The molecule has 0 atom stereocenters. The maximum Gasteiger partial charge on any atom is 0.361 e. The van der Waals surface area contributed by atoms with Gasteiger partial charge in [0, 0.05) is 24.6 Å². The van der Waals surface area contributed by atoms with E-state index in [0.29, 0.717) is 35.7 Å². The fraction of sp³-hybridized carbons (Fsp3) is 0.467. The predicted molar refractivity (Wildman–Crippen MR) is 75.8 cm³/mol. The molecule has 112 valence electrons. The molecule has 1 fully saturated rings. The van der Waals surface area contributed by atoms with E-state index in [1.165, 1.54) is 0 Å². The van der Waals surface area contributed by atoms with Crippen LogP contribution in [-0.2, 0) is 11.2 Å². The van der Waals surface area contributed by atoms with Gasteiger partial charge in [0.1, 0.15) is 5.75 Å². The molecule has 6 nitrogen and oxygen atoms in total. The Kier molecular flexibility index (Phi) is 3.68. The maximum atomic E-state index is 12.1. The van der Waals surface area contributed by atoms with Crippen LogP contribution >= 0.6 is 0 Å². The van der Waals surface area contributed by atoms with Crippen LogP contribution in [0.4, 0.5) is 0 Å². The van der Waals surface area contributed by atoms with Crippen LogP contribution in [-0.4, -0.2) is 19.6 Å². The summed E-state index contributed by atoms with van der Waals surface area (Å²) in [5.74, 6) is 1.18. The first-order chi connectivity index (χ1) is 10.2. The zero-order valence-corrected chi connectivity index (χ0v) is 11.9. The number of hydrogen-bond donors (Lipinski definition) is 1. The number of carbonyl (C=O) groups excluding carboxylic acids is 1. The van der Waals surface area contributed by atoms with Gasteiger partial charge in [-0.05, 0) is 18.9 Å². The van der Waals surface area contributed by atoms with Gasteiger partial charge in [0.2, 0.25) is 11.5 Å². The van der Waals surface area contributed by atoms with Crippen LogP contribution in [0.3, 0.4) is 0 Å². The van der Waals surface area contributed by atoms with Gasteiger partial charge >= 0.3 is 5.89 Å². The Morgan fingerprint density at radius 1 is 1.52 bits per heavy atom. The monoisotopic (exact) mass is 290 g/mol. The number of nitrogens with zero attached hydrogens (tertiary/aromatic N) is 1. The lowest BCUT2D eigenvalue weighted by molar-refractivity contribution is -0.592. The molecule has 1 heterocycles. The fourth-order valence-electron chi connectivity index (χ4n) is 2.43. The Bertz CT molecular complexity index is 661. The van der Waals surface area contributed by atoms with E-state index in [4.69, 9.17) is 9.15 Å². The number of ether oxygens (including phenoxy) is 1. The molecule has 21 heavy (non-hydrogen) atoms. The van der Waals surface area contributed by atoms with Gasteiger partial charge in [0.25, 0.3) is 5.52 Å². The van der Waals surface area contributed by atoms with Crippen LogP contribution in [0.1, 0.15) is 25.2 Å². The number of rotatable bonds is 5. The summed E-state index contributed by atoms with van der Waals surface area (Å²) in [5, 5.41) is 14.9. The van der Waals surface area contributed by atoms with Crippen molar-refractivity contribution in [1.82, 2.24) is 5.32 Å². The molecule has 0 spiro atoms. The minimum absolute atomic E-state index is 0.0801. The summed E-state index contributed by atoms with van der Waals surface area (Å²) < 4.78 is 11.4. The third-order valence-electron chi connectivity index (χ3n) is 3.95. The van der Waals surface area contributed by atoms with Crippen molar-refractivity contribution < 1.29 is 18.7 Å². The summed E-state index contributed by atoms with van der Waals surface area (Å²) in [6.07, 6.45) is 3.44. The molecular weight excluding hydrogens is 272 g/mol. The lowest BCUT2D eigenvalue weighted by atomic mass is 9.85. The molecule has 1 aromatic heterocycles. The second kappa shape index (κ2) is 5.63. The van der Waals surface area contributed by atoms with Crippen LogP contribution in [0.15, 0.2) is 22.6 Å². The first-order valence-electron chi connectivity index (χ1n) is 7.15. The molecule has 1 aliphatic carbocycles. The summed E-state index contributed by atoms with van der Waals surface area (Å²) in [6, 6.07) is 5.07. The number of fused-ring (bicyclic) bond motifs is 1. The minimum atomic E-state index is 0.0801. The number of nitrogens with one attached hydrogen (secondary N) is 1. The predicted octanol–water partition coefficient (Wildman–Crippen LogP) is 1.53. The number of oxazole rings is 1. The highest BCUT2D eigenvalue weighted by Crippen LogP contribution is 2.26. The summed E-state index contributed by atoms with van der Waals surface area (Å²) in [7, 11) is 1.56. The molecule has 3 rings (SSSR count). The van der Waals surface area contributed by atoms with Crippen LogP contribution in [0.25, 0.3) is 11.1 Å². The van der Waals surface area contributed by atoms with Gasteiger partial charge < -0.3 is 19.7 Å². The highest BCUT2D eigenvalue weighted by Gasteiger charge is 2.25. The molecule has 1 aliphatic rings. The van der Waals surface area contributed by atoms with Crippen LogP contribution in [0, 0.1) is 11.1 Å². The second-order valence-electron chi connectivity index (χ2n) is 5.29. The Labute approximate surface area is 122 Å². The molecule has 0 bridgehead atoms. The van der Waals surface area contributed by atoms with E-state index in [1.807, 2.05) is 0 Å². The highest BCUT2D eigenvalue weighted by molar-refractivity contribution is 5.79. The molecule has 1 aromatic carbocycles. The summed E-state index contributed by atoms with van der Waals surface area (Å²) in [6.45, 7) is 0.411. The molecule has 0 unspecified atom stereocenters. The summed E-state index contributed by atoms with van der Waals surface area (Å²) in [5.41, 5.74) is 0.959. The van der Waals surface area contributed by atoms with Gasteiger partial charge in [-0.3, -0.25) is 4.79 Å². The lowest BCUT2D eigenvalue weighted by Gasteiger charge is -2.23. The Morgan fingerprint density at radius 3 is 3.00 bits per heavy atom. The standard InChI is InChI=1S/C15H18N2O4/c1-20-11-5-6-12-13(9-11)21-14(17(12)19)7-8-16-15(18)10-3-2-4-10/h5-6,9-10H,2-4,7-8H2,1H3,(H,16,18). The quantitative estimate of drug-likeness (QED) is 0.669. The number of methoxy groups -OCH3 is 1. The van der Waals surface area contributed by atoms with Crippen molar-refractivity contribution >= 4 is 17.0 Å². The molecule has 0 radical (unpaired) electrons. The summed E-state index contributed by atoms with van der Waals surface area (Å²) >= 11 is 0. The number of aromatic nitrogens is 1. The smallest absolute Gasteiger partial charge is 0.361 e. The number of amides is 1. The van der Waals surface area contributed by atoms with Gasteiger partial charge in [0.05, 0.1) is 13.5 Å². The van der Waals surface area contributed by atoms with E-state index >= 15 is 0 Å². The molecule has 1 saturated carbocycles. The van der Waals surface area contributed by atoms with Gasteiger partial charge in [-0.25, -0.2) is 0 Å². The van der Waals surface area contributed by atoms with E-state index < -0.39 is 0 Å². The van der Waals surface area contributed by atoms with Crippen molar-refractivity contribution in [2.24, 2.45) is 5.92 Å². The van der Waals surface area contributed by atoms with Gasteiger partial charge in [0.15, 0.2) is 0 Å². The van der Waals surface area contributed by atoms with E-state index in [9.17, 15) is 10.0 Å². The average molecular weight is 290 g/mol. The SMILES string of the molecule is COc1ccc2c(c1)oc(CCNC(=O)C1CCC1)[n+]2[O-]. The van der Waals surface area contributed by atoms with Crippen LogP contribution in [0.2, 0.25) is 0 Å². The first kappa shape index (κ1) is 13.7. The van der Waals surface area contributed by atoms with Gasteiger partial charge in [-0.2, -0.15) is 0 Å². The van der Waals surface area contributed by atoms with Crippen molar-refractivity contribution in [1.29, 1.82) is 0 Å². The summed E-state index contributed by atoms with van der Waals surface area (Å²) in [4.78, 5) is 11.7. The Morgan fingerprint density at radius 2 is 2.33 bits per heavy atom.